The van der Waals surface area contributed by atoms with Crippen LogP contribution in [0.5, 0.6) is 0 Å². The third kappa shape index (κ3) is 1.99. The highest BCUT2D eigenvalue weighted by molar-refractivity contribution is 5.02. The van der Waals surface area contributed by atoms with Crippen LogP contribution in [0.15, 0.2) is 12.4 Å². The maximum Gasteiger partial charge on any atom is 0.105 e. The average molecular weight is 223 g/mol. The van der Waals surface area contributed by atoms with Crippen molar-refractivity contribution >= 4 is 0 Å². The van der Waals surface area contributed by atoms with Gasteiger partial charge in [0.2, 0.25) is 0 Å². The highest BCUT2D eigenvalue weighted by Crippen LogP contribution is 2.37. The Bertz CT molecular complexity index is 350. The van der Waals surface area contributed by atoms with Crippen molar-refractivity contribution in [3.8, 4) is 0 Å². The van der Waals surface area contributed by atoms with E-state index in [-0.39, 0.29) is 12.1 Å². The first-order chi connectivity index (χ1) is 7.71. The lowest BCUT2D eigenvalue weighted by Crippen LogP contribution is -2.46. The van der Waals surface area contributed by atoms with Crippen LogP contribution >= 0.6 is 0 Å². The molecular weight excluding hydrogens is 202 g/mol. The van der Waals surface area contributed by atoms with Gasteiger partial charge in [0, 0.05) is 24.0 Å². The van der Waals surface area contributed by atoms with Crippen molar-refractivity contribution in [3.63, 3.8) is 0 Å². The number of aliphatic hydroxyl groups is 1. The molecule has 0 amide bonds. The van der Waals surface area contributed by atoms with Gasteiger partial charge in [0.1, 0.15) is 5.82 Å². The van der Waals surface area contributed by atoms with Crippen LogP contribution in [0.4, 0.5) is 0 Å². The van der Waals surface area contributed by atoms with Gasteiger partial charge >= 0.3 is 0 Å². The summed E-state index contributed by atoms with van der Waals surface area (Å²) < 4.78 is 2.23. The van der Waals surface area contributed by atoms with E-state index in [1.54, 1.807) is 0 Å². The van der Waals surface area contributed by atoms with Crippen molar-refractivity contribution in [2.45, 2.75) is 44.7 Å². The molecule has 1 aromatic heterocycles. The maximum absolute atomic E-state index is 9.54. The molecule has 16 heavy (non-hydrogen) atoms. The predicted molar refractivity (Wildman–Crippen MR) is 63.3 cm³/mol. The SMILES string of the molecule is CCNC1(CO)CCC(n2ccnc2C)C1. The Morgan fingerprint density at radius 2 is 2.50 bits per heavy atom. The molecule has 1 saturated carbocycles. The Morgan fingerprint density at radius 1 is 1.69 bits per heavy atom. The van der Waals surface area contributed by atoms with Gasteiger partial charge in [0.15, 0.2) is 0 Å². The number of imidazole rings is 1. The second-order valence-electron chi connectivity index (χ2n) is 4.75. The predicted octanol–water partition coefficient (Wildman–Crippen LogP) is 1.26. The second kappa shape index (κ2) is 4.55. The van der Waals surface area contributed by atoms with Crippen LogP contribution in [-0.4, -0.2) is 33.3 Å². The number of rotatable bonds is 4. The van der Waals surface area contributed by atoms with Crippen molar-refractivity contribution in [2.75, 3.05) is 13.2 Å². The number of aryl methyl sites for hydroxylation is 1. The Balaban J connectivity index is 2.10. The van der Waals surface area contributed by atoms with Gasteiger partial charge in [0.25, 0.3) is 0 Å². The largest absolute Gasteiger partial charge is 0.394 e. The zero-order chi connectivity index (χ0) is 11.6. The van der Waals surface area contributed by atoms with Gasteiger partial charge in [-0.25, -0.2) is 4.98 Å². The van der Waals surface area contributed by atoms with Crippen molar-refractivity contribution in [1.29, 1.82) is 0 Å². The quantitative estimate of drug-likeness (QED) is 0.808. The molecule has 0 aliphatic heterocycles. The molecule has 90 valence electrons. The number of hydrogen-bond acceptors (Lipinski definition) is 3. The van der Waals surface area contributed by atoms with Crippen LogP contribution in [0.1, 0.15) is 38.1 Å². The molecule has 0 radical (unpaired) electrons. The van der Waals surface area contributed by atoms with E-state index in [2.05, 4.69) is 21.8 Å². The van der Waals surface area contributed by atoms with Crippen LogP contribution in [0, 0.1) is 6.92 Å². The van der Waals surface area contributed by atoms with Gasteiger partial charge in [-0.15, -0.1) is 0 Å². The fourth-order valence-corrected chi connectivity index (χ4v) is 2.84. The topological polar surface area (TPSA) is 50.1 Å². The summed E-state index contributed by atoms with van der Waals surface area (Å²) in [6, 6.07) is 0.480. The van der Waals surface area contributed by atoms with E-state index < -0.39 is 0 Å². The molecule has 0 spiro atoms. The zero-order valence-corrected chi connectivity index (χ0v) is 10.1. The molecule has 2 unspecified atom stereocenters. The van der Waals surface area contributed by atoms with Crippen LogP contribution in [0.2, 0.25) is 0 Å². The molecule has 0 aromatic carbocycles. The van der Waals surface area contributed by atoms with Crippen molar-refractivity contribution in [1.82, 2.24) is 14.9 Å². The number of likely N-dealkylation sites (N-methyl/N-ethyl adjacent to an activating group) is 1. The van der Waals surface area contributed by atoms with Crippen molar-refractivity contribution < 1.29 is 5.11 Å². The maximum atomic E-state index is 9.54. The van der Waals surface area contributed by atoms with Gasteiger partial charge in [-0.1, -0.05) is 6.92 Å². The van der Waals surface area contributed by atoms with Crippen LogP contribution in [0.3, 0.4) is 0 Å². The van der Waals surface area contributed by atoms with Crippen LogP contribution in [0.25, 0.3) is 0 Å². The second-order valence-corrected chi connectivity index (χ2v) is 4.75. The Labute approximate surface area is 96.7 Å². The number of nitrogens with zero attached hydrogens (tertiary/aromatic N) is 2. The molecule has 1 aliphatic carbocycles. The molecule has 0 bridgehead atoms. The van der Waals surface area contributed by atoms with E-state index >= 15 is 0 Å². The number of hydrogen-bond donors (Lipinski definition) is 2. The molecule has 2 atom stereocenters. The first-order valence-electron chi connectivity index (χ1n) is 6.06. The normalized spacial score (nSPS) is 29.8. The summed E-state index contributed by atoms with van der Waals surface area (Å²) >= 11 is 0. The Hall–Kier alpha value is -0.870. The molecule has 0 saturated heterocycles. The number of aliphatic hydroxyl groups excluding tert-OH is 1. The third-order valence-corrected chi connectivity index (χ3v) is 3.69. The summed E-state index contributed by atoms with van der Waals surface area (Å²) in [4.78, 5) is 4.26. The molecule has 4 nitrogen and oxygen atoms in total. The summed E-state index contributed by atoms with van der Waals surface area (Å²) in [5.74, 6) is 1.07. The van der Waals surface area contributed by atoms with E-state index in [1.807, 2.05) is 19.3 Å². The Kier molecular flexibility index (Phi) is 3.30. The monoisotopic (exact) mass is 223 g/mol. The van der Waals surface area contributed by atoms with Gasteiger partial charge in [-0.05, 0) is 32.7 Å². The molecule has 1 aliphatic rings. The molecule has 4 heteroatoms. The molecule has 2 rings (SSSR count). The lowest BCUT2D eigenvalue weighted by molar-refractivity contribution is 0.162. The third-order valence-electron chi connectivity index (χ3n) is 3.69. The summed E-state index contributed by atoms with van der Waals surface area (Å²) in [5.41, 5.74) is -0.0733. The van der Waals surface area contributed by atoms with E-state index in [1.165, 1.54) is 0 Å². The smallest absolute Gasteiger partial charge is 0.105 e. The minimum atomic E-state index is -0.0733. The zero-order valence-electron chi connectivity index (χ0n) is 10.1. The standard InChI is InChI=1S/C12H21N3O/c1-3-14-12(9-16)5-4-11(8-12)15-7-6-13-10(15)2/h6-7,11,14,16H,3-5,8-9H2,1-2H3. The minimum absolute atomic E-state index is 0.0733. The fraction of sp³-hybridized carbons (Fsp3) is 0.750. The highest BCUT2D eigenvalue weighted by Gasteiger charge is 2.38. The summed E-state index contributed by atoms with van der Waals surface area (Å²) in [5, 5.41) is 13.0. The van der Waals surface area contributed by atoms with Crippen molar-refractivity contribution in [2.24, 2.45) is 0 Å². The average Bonchev–Trinajstić information content (AvgIpc) is 2.86. The van der Waals surface area contributed by atoms with E-state index in [0.717, 1.165) is 31.6 Å². The van der Waals surface area contributed by atoms with Gasteiger partial charge in [-0.2, -0.15) is 0 Å². The molecular formula is C12H21N3O. The van der Waals surface area contributed by atoms with Gasteiger partial charge < -0.3 is 15.0 Å². The lowest BCUT2D eigenvalue weighted by atomic mass is 9.98. The summed E-state index contributed by atoms with van der Waals surface area (Å²) in [7, 11) is 0. The highest BCUT2D eigenvalue weighted by atomic mass is 16.3. The first-order valence-corrected chi connectivity index (χ1v) is 6.06. The lowest BCUT2D eigenvalue weighted by Gasteiger charge is -2.28. The summed E-state index contributed by atoms with van der Waals surface area (Å²) in [6.45, 7) is 5.26. The molecule has 1 fully saturated rings. The Morgan fingerprint density at radius 3 is 3.06 bits per heavy atom. The van der Waals surface area contributed by atoms with Gasteiger partial charge in [0.05, 0.1) is 6.61 Å². The summed E-state index contributed by atoms with van der Waals surface area (Å²) in [6.07, 6.45) is 7.04. The van der Waals surface area contributed by atoms with E-state index in [4.69, 9.17) is 0 Å². The first kappa shape index (κ1) is 11.6. The molecule has 1 heterocycles. The molecule has 1 aromatic rings. The number of nitrogens with one attached hydrogen (secondary N) is 1. The van der Waals surface area contributed by atoms with Gasteiger partial charge in [-0.3, -0.25) is 0 Å². The number of aromatic nitrogens is 2. The van der Waals surface area contributed by atoms with Crippen LogP contribution < -0.4 is 5.32 Å². The van der Waals surface area contributed by atoms with Crippen LogP contribution in [-0.2, 0) is 0 Å². The fourth-order valence-electron chi connectivity index (χ4n) is 2.84. The minimum Gasteiger partial charge on any atom is -0.394 e. The van der Waals surface area contributed by atoms with E-state index in [9.17, 15) is 5.11 Å². The van der Waals surface area contributed by atoms with E-state index in [0.29, 0.717) is 6.04 Å². The van der Waals surface area contributed by atoms with Crippen molar-refractivity contribution in [3.05, 3.63) is 18.2 Å². The molecule has 2 N–H and O–H groups in total.